The molecule has 5 rings (SSSR count). The number of thiazole rings is 1. The van der Waals surface area contributed by atoms with Gasteiger partial charge in [-0.3, -0.25) is 14.9 Å². The number of anilines is 2. The number of aromatic nitrogens is 2. The molecule has 11 heteroatoms. The van der Waals surface area contributed by atoms with Crippen molar-refractivity contribution in [2.75, 3.05) is 17.2 Å². The molecule has 2 N–H and O–H groups in total. The van der Waals surface area contributed by atoms with Crippen molar-refractivity contribution in [1.82, 2.24) is 14.9 Å². The van der Waals surface area contributed by atoms with E-state index in [4.69, 9.17) is 9.47 Å². The van der Waals surface area contributed by atoms with Gasteiger partial charge in [0.25, 0.3) is 0 Å². The van der Waals surface area contributed by atoms with E-state index in [1.807, 2.05) is 18.2 Å². The van der Waals surface area contributed by atoms with E-state index in [9.17, 15) is 14.4 Å². The van der Waals surface area contributed by atoms with Gasteiger partial charge in [-0.2, -0.15) is 0 Å². The summed E-state index contributed by atoms with van der Waals surface area (Å²) in [6, 6.07) is 5.84. The lowest BCUT2D eigenvalue weighted by Crippen LogP contribution is -2.46. The van der Waals surface area contributed by atoms with Gasteiger partial charge in [0.2, 0.25) is 0 Å². The number of ether oxygens (including phenoxy) is 2. The molecule has 0 bridgehead atoms. The second-order valence-electron chi connectivity index (χ2n) is 10.8. The number of carbonyl (C=O) groups is 3. The fourth-order valence-corrected chi connectivity index (χ4v) is 5.55. The van der Waals surface area contributed by atoms with E-state index in [1.54, 1.807) is 42.5 Å². The summed E-state index contributed by atoms with van der Waals surface area (Å²) in [4.78, 5) is 49.3. The third-order valence-electron chi connectivity index (χ3n) is 6.67. The Bertz CT molecular complexity index is 1400. The lowest BCUT2D eigenvalue weighted by molar-refractivity contribution is -0.146. The van der Waals surface area contributed by atoms with Crippen molar-refractivity contribution in [3.8, 4) is 0 Å². The van der Waals surface area contributed by atoms with Crippen LogP contribution in [0.15, 0.2) is 29.9 Å². The fraction of sp³-hybridized carbons (Fsp3) is 0.444. The zero-order chi connectivity index (χ0) is 27.0. The van der Waals surface area contributed by atoms with Crippen LogP contribution < -0.4 is 10.6 Å². The quantitative estimate of drug-likeness (QED) is 0.451. The number of likely N-dealkylation sites (tertiary alicyclic amines) is 1. The normalized spacial score (nSPS) is 19.2. The Morgan fingerprint density at radius 3 is 2.68 bits per heavy atom. The molecule has 200 valence electrons. The molecule has 0 saturated carbocycles. The molecule has 4 heterocycles. The Balaban J connectivity index is 1.34. The van der Waals surface area contributed by atoms with E-state index >= 15 is 0 Å². The minimum Gasteiger partial charge on any atom is -0.444 e. The molecule has 0 aliphatic carbocycles. The molecule has 2 atom stereocenters. The van der Waals surface area contributed by atoms with Crippen LogP contribution in [0.5, 0.6) is 0 Å². The summed E-state index contributed by atoms with van der Waals surface area (Å²) in [5, 5.41) is 5.39. The smallest absolute Gasteiger partial charge is 0.413 e. The number of hydrogen-bond donors (Lipinski definition) is 2. The van der Waals surface area contributed by atoms with Crippen molar-refractivity contribution in [3.05, 3.63) is 46.6 Å². The van der Waals surface area contributed by atoms with Crippen molar-refractivity contribution in [2.24, 2.45) is 5.92 Å². The third kappa shape index (κ3) is 5.48. The molecule has 0 radical (unpaired) electrons. The SMILES string of the molecule is CC1CCC(c2ccc3scnc3c2)N(C(=O)C(=O)Nc2cnc(NC(=O)OC(C)(C)C)c3c2COC3)C1. The van der Waals surface area contributed by atoms with E-state index < -0.39 is 23.5 Å². The fourth-order valence-electron chi connectivity index (χ4n) is 4.89. The van der Waals surface area contributed by atoms with Gasteiger partial charge >= 0.3 is 17.9 Å². The maximum Gasteiger partial charge on any atom is 0.413 e. The third-order valence-corrected chi connectivity index (χ3v) is 7.48. The van der Waals surface area contributed by atoms with E-state index in [0.717, 1.165) is 28.6 Å². The first-order valence-corrected chi connectivity index (χ1v) is 13.5. The van der Waals surface area contributed by atoms with Crippen molar-refractivity contribution in [3.63, 3.8) is 0 Å². The molecule has 1 aromatic carbocycles. The molecule has 0 spiro atoms. The van der Waals surface area contributed by atoms with Gasteiger partial charge in [0.15, 0.2) is 0 Å². The number of piperidine rings is 1. The van der Waals surface area contributed by atoms with E-state index in [2.05, 4.69) is 27.5 Å². The van der Waals surface area contributed by atoms with Crippen molar-refractivity contribution in [2.45, 2.75) is 65.4 Å². The van der Waals surface area contributed by atoms with Gasteiger partial charge < -0.3 is 19.7 Å². The predicted molar refractivity (Wildman–Crippen MR) is 144 cm³/mol. The maximum absolute atomic E-state index is 13.5. The van der Waals surface area contributed by atoms with Crippen LogP contribution in [0.3, 0.4) is 0 Å². The first-order chi connectivity index (χ1) is 18.1. The topological polar surface area (TPSA) is 123 Å². The molecular formula is C27H31N5O5S. The number of fused-ring (bicyclic) bond motifs is 2. The number of carbonyl (C=O) groups excluding carboxylic acids is 3. The molecule has 1 fully saturated rings. The van der Waals surface area contributed by atoms with Gasteiger partial charge in [-0.25, -0.2) is 14.8 Å². The minimum absolute atomic E-state index is 0.205. The average molecular weight is 538 g/mol. The van der Waals surface area contributed by atoms with Crippen LogP contribution in [-0.4, -0.2) is 44.9 Å². The molecule has 10 nitrogen and oxygen atoms in total. The number of pyridine rings is 1. The molecule has 2 aliphatic heterocycles. The van der Waals surface area contributed by atoms with Gasteiger partial charge in [0, 0.05) is 17.7 Å². The van der Waals surface area contributed by atoms with Crippen LogP contribution in [0.4, 0.5) is 16.3 Å². The Labute approximate surface area is 224 Å². The zero-order valence-electron chi connectivity index (χ0n) is 21.9. The highest BCUT2D eigenvalue weighted by Gasteiger charge is 2.35. The lowest BCUT2D eigenvalue weighted by atomic mass is 9.89. The summed E-state index contributed by atoms with van der Waals surface area (Å²) < 4.78 is 12.0. The highest BCUT2D eigenvalue weighted by Crippen LogP contribution is 2.36. The van der Waals surface area contributed by atoms with Crippen LogP contribution in [0.25, 0.3) is 10.2 Å². The van der Waals surface area contributed by atoms with E-state index in [1.165, 1.54) is 6.20 Å². The van der Waals surface area contributed by atoms with Gasteiger partial charge in [-0.05, 0) is 57.2 Å². The number of amides is 3. The Kier molecular flexibility index (Phi) is 7.06. The standard InChI is InChI=1S/C27H31N5O5S/c1-15-5-7-21(16-6-8-22-19(9-16)29-14-38-22)32(11-15)25(34)24(33)30-20-10-28-23(18-13-36-12-17(18)20)31-26(35)37-27(2,3)4/h6,8-10,14-15,21H,5,7,11-13H2,1-4H3,(H,30,33)(H,28,31,35). The summed E-state index contributed by atoms with van der Waals surface area (Å²) in [6.45, 7) is 8.33. The predicted octanol–water partition coefficient (Wildman–Crippen LogP) is 5.01. The number of rotatable bonds is 3. The van der Waals surface area contributed by atoms with Crippen LogP contribution in [0.2, 0.25) is 0 Å². The first kappa shape index (κ1) is 26.1. The molecular weight excluding hydrogens is 506 g/mol. The summed E-state index contributed by atoms with van der Waals surface area (Å²) in [6.07, 6.45) is 2.53. The van der Waals surface area contributed by atoms with Crippen molar-refractivity contribution < 1.29 is 23.9 Å². The molecule has 2 aromatic heterocycles. The highest BCUT2D eigenvalue weighted by molar-refractivity contribution is 7.16. The molecule has 3 aromatic rings. The van der Waals surface area contributed by atoms with Gasteiger partial charge in [0.1, 0.15) is 11.4 Å². The largest absolute Gasteiger partial charge is 0.444 e. The summed E-state index contributed by atoms with van der Waals surface area (Å²) in [7, 11) is 0. The minimum atomic E-state index is -0.734. The monoisotopic (exact) mass is 537 g/mol. The maximum atomic E-state index is 13.5. The number of hydrogen-bond acceptors (Lipinski definition) is 8. The van der Waals surface area contributed by atoms with E-state index in [-0.39, 0.29) is 25.2 Å². The Morgan fingerprint density at radius 2 is 1.89 bits per heavy atom. The lowest BCUT2D eigenvalue weighted by Gasteiger charge is -2.38. The summed E-state index contributed by atoms with van der Waals surface area (Å²) >= 11 is 1.57. The zero-order valence-corrected chi connectivity index (χ0v) is 22.7. The Morgan fingerprint density at radius 1 is 1.11 bits per heavy atom. The second-order valence-corrected chi connectivity index (χ2v) is 11.7. The average Bonchev–Trinajstić information content (AvgIpc) is 3.53. The molecule has 2 unspecified atom stereocenters. The van der Waals surface area contributed by atoms with Gasteiger partial charge in [-0.15, -0.1) is 11.3 Å². The van der Waals surface area contributed by atoms with Crippen LogP contribution >= 0.6 is 11.3 Å². The second kappa shape index (κ2) is 10.3. The first-order valence-electron chi connectivity index (χ1n) is 12.6. The van der Waals surface area contributed by atoms with Gasteiger partial charge in [0.05, 0.1) is 46.9 Å². The Hall–Kier alpha value is -3.57. The summed E-state index contributed by atoms with van der Waals surface area (Å²) in [5.41, 5.74) is 4.71. The van der Waals surface area contributed by atoms with Gasteiger partial charge in [-0.1, -0.05) is 13.0 Å². The van der Waals surface area contributed by atoms with Crippen LogP contribution in [0, 0.1) is 5.92 Å². The number of nitrogens with one attached hydrogen (secondary N) is 2. The summed E-state index contributed by atoms with van der Waals surface area (Å²) in [5.74, 6) is -0.743. The van der Waals surface area contributed by atoms with Crippen molar-refractivity contribution >= 4 is 51.0 Å². The van der Waals surface area contributed by atoms with Crippen LogP contribution in [0.1, 0.15) is 63.3 Å². The highest BCUT2D eigenvalue weighted by atomic mass is 32.1. The molecule has 1 saturated heterocycles. The number of nitrogens with zero attached hydrogens (tertiary/aromatic N) is 3. The molecule has 3 amide bonds. The van der Waals surface area contributed by atoms with Crippen LogP contribution in [-0.2, 0) is 32.3 Å². The van der Waals surface area contributed by atoms with Crippen molar-refractivity contribution in [1.29, 1.82) is 0 Å². The molecule has 38 heavy (non-hydrogen) atoms. The number of benzene rings is 1. The molecule has 2 aliphatic rings. The van der Waals surface area contributed by atoms with E-state index in [0.29, 0.717) is 29.2 Å².